The molecule has 0 saturated carbocycles. The van der Waals surface area contributed by atoms with E-state index in [4.69, 9.17) is 10.0 Å². The minimum atomic E-state index is -0.505. The van der Waals surface area contributed by atoms with Gasteiger partial charge in [0.2, 0.25) is 0 Å². The Labute approximate surface area is 63.6 Å². The van der Waals surface area contributed by atoms with E-state index >= 15 is 0 Å². The molecule has 1 heterocycles. The van der Waals surface area contributed by atoms with Crippen molar-refractivity contribution in [1.29, 1.82) is 0 Å². The molecule has 0 aromatic rings. The van der Waals surface area contributed by atoms with E-state index in [0.29, 0.717) is 0 Å². The summed E-state index contributed by atoms with van der Waals surface area (Å²) in [4.78, 5) is 29.3. The largest absolute Gasteiger partial charge is 0.304 e. The summed E-state index contributed by atoms with van der Waals surface area (Å²) < 4.78 is 0. The van der Waals surface area contributed by atoms with Crippen molar-refractivity contribution >= 4 is 18.1 Å². The first-order valence-corrected chi connectivity index (χ1v) is 3.08. The van der Waals surface area contributed by atoms with Gasteiger partial charge in [0.25, 0.3) is 11.8 Å². The predicted octanol–water partition coefficient (Wildman–Crippen LogP) is -0.270. The topological polar surface area (TPSA) is 74.7 Å². The van der Waals surface area contributed by atoms with Gasteiger partial charge in [-0.3, -0.25) is 14.8 Å². The van der Waals surface area contributed by atoms with Gasteiger partial charge in [0, 0.05) is 12.8 Å². The lowest BCUT2D eigenvalue weighted by Gasteiger charge is -1.98. The highest BCUT2D eigenvalue weighted by Crippen LogP contribution is 2.06. The van der Waals surface area contributed by atoms with Gasteiger partial charge in [-0.05, 0) is 6.92 Å². The summed E-state index contributed by atoms with van der Waals surface area (Å²) in [6, 6.07) is 0. The molecule has 5 nitrogen and oxygen atoms in total. The number of hydroxylamine groups is 2. The molecule has 0 aromatic carbocycles. The van der Waals surface area contributed by atoms with Crippen LogP contribution in [0, 0.1) is 0 Å². The molecule has 2 amide bonds. The van der Waals surface area contributed by atoms with Crippen LogP contribution in [0.25, 0.3) is 0 Å². The van der Waals surface area contributed by atoms with Gasteiger partial charge in [-0.2, -0.15) is 5.06 Å². The van der Waals surface area contributed by atoms with Crippen molar-refractivity contribution in [1.82, 2.24) is 5.06 Å². The van der Waals surface area contributed by atoms with E-state index in [2.05, 4.69) is 0 Å². The molecule has 0 spiro atoms. The van der Waals surface area contributed by atoms with Crippen LogP contribution in [0.1, 0.15) is 19.8 Å². The van der Waals surface area contributed by atoms with E-state index in [0.717, 1.165) is 6.29 Å². The number of hydrogen-bond acceptors (Lipinski definition) is 4. The lowest BCUT2D eigenvalue weighted by Crippen LogP contribution is -2.24. The van der Waals surface area contributed by atoms with Gasteiger partial charge in [0.1, 0.15) is 6.29 Å². The van der Waals surface area contributed by atoms with Crippen molar-refractivity contribution in [2.45, 2.75) is 19.8 Å². The Balaban J connectivity index is 0.000000292. The molecule has 62 valence electrons. The molecule has 0 aliphatic carbocycles. The maximum atomic E-state index is 10.2. The maximum absolute atomic E-state index is 10.2. The predicted molar refractivity (Wildman–Crippen MR) is 34.6 cm³/mol. The van der Waals surface area contributed by atoms with Crippen LogP contribution in [0.3, 0.4) is 0 Å². The van der Waals surface area contributed by atoms with Gasteiger partial charge < -0.3 is 4.79 Å². The average Bonchev–Trinajstić information content (AvgIpc) is 2.22. The molecule has 1 fully saturated rings. The van der Waals surface area contributed by atoms with Crippen LogP contribution in [0.5, 0.6) is 0 Å². The summed E-state index contributed by atoms with van der Waals surface area (Å²) in [6.07, 6.45) is 1.05. The van der Waals surface area contributed by atoms with Crippen LogP contribution in [0.4, 0.5) is 0 Å². The molecule has 1 rings (SSSR count). The van der Waals surface area contributed by atoms with Crippen LogP contribution in [-0.2, 0) is 14.4 Å². The first kappa shape index (κ1) is 9.77. The van der Waals surface area contributed by atoms with Gasteiger partial charge >= 0.3 is 0 Å². The van der Waals surface area contributed by atoms with Gasteiger partial charge in [-0.15, -0.1) is 0 Å². The highest BCUT2D eigenvalue weighted by atomic mass is 16.5. The first-order chi connectivity index (χ1) is 5.13. The van der Waals surface area contributed by atoms with E-state index in [9.17, 15) is 9.59 Å². The third-order valence-electron chi connectivity index (χ3n) is 1.03. The van der Waals surface area contributed by atoms with Gasteiger partial charge in [0.15, 0.2) is 0 Å². The van der Waals surface area contributed by atoms with Crippen molar-refractivity contribution in [3.8, 4) is 0 Å². The van der Waals surface area contributed by atoms with Crippen molar-refractivity contribution in [3.05, 3.63) is 0 Å². The van der Waals surface area contributed by atoms with Gasteiger partial charge in [0.05, 0.1) is 0 Å². The van der Waals surface area contributed by atoms with Crippen molar-refractivity contribution < 1.29 is 19.6 Å². The Morgan fingerprint density at radius 3 is 1.73 bits per heavy atom. The van der Waals surface area contributed by atoms with Gasteiger partial charge in [-0.25, -0.2) is 0 Å². The summed E-state index contributed by atoms with van der Waals surface area (Å²) in [6.45, 7) is 1.44. The molecule has 0 bridgehead atoms. The number of aldehydes is 1. The molecule has 5 heteroatoms. The molecule has 1 aliphatic rings. The van der Waals surface area contributed by atoms with E-state index in [1.807, 2.05) is 0 Å². The number of rotatable bonds is 0. The smallest absolute Gasteiger partial charge is 0.253 e. The van der Waals surface area contributed by atoms with E-state index in [-0.39, 0.29) is 17.9 Å². The van der Waals surface area contributed by atoms with Gasteiger partial charge in [-0.1, -0.05) is 0 Å². The second kappa shape index (κ2) is 4.56. The Hall–Kier alpha value is -1.23. The van der Waals surface area contributed by atoms with Crippen LogP contribution >= 0.6 is 0 Å². The molecule has 0 atom stereocenters. The zero-order chi connectivity index (χ0) is 8.85. The molecule has 1 aliphatic heterocycles. The maximum Gasteiger partial charge on any atom is 0.253 e. The average molecular weight is 159 g/mol. The number of carbonyl (C=O) groups excluding carboxylic acids is 3. The normalized spacial score (nSPS) is 16.0. The molecular weight excluding hydrogens is 150 g/mol. The van der Waals surface area contributed by atoms with E-state index < -0.39 is 11.8 Å². The summed E-state index contributed by atoms with van der Waals surface area (Å²) in [5.74, 6) is -1.01. The second-order valence-electron chi connectivity index (χ2n) is 1.83. The lowest BCUT2D eigenvalue weighted by molar-refractivity contribution is -0.171. The Kier molecular flexibility index (Phi) is 4.05. The molecule has 0 unspecified atom stereocenters. The van der Waals surface area contributed by atoms with Crippen molar-refractivity contribution in [2.24, 2.45) is 0 Å². The fraction of sp³-hybridized carbons (Fsp3) is 0.500. The summed E-state index contributed by atoms with van der Waals surface area (Å²) in [5, 5.41) is 8.57. The summed E-state index contributed by atoms with van der Waals surface area (Å²) in [7, 11) is 0. The second-order valence-corrected chi connectivity index (χ2v) is 1.83. The number of amides is 2. The van der Waals surface area contributed by atoms with Crippen LogP contribution in [-0.4, -0.2) is 28.4 Å². The van der Waals surface area contributed by atoms with Crippen molar-refractivity contribution in [3.63, 3.8) is 0 Å². The Morgan fingerprint density at radius 1 is 1.36 bits per heavy atom. The number of imide groups is 1. The summed E-state index contributed by atoms with van der Waals surface area (Å²) >= 11 is 0. The number of hydrogen-bond donors (Lipinski definition) is 1. The highest BCUT2D eigenvalue weighted by molar-refractivity contribution is 6.00. The zero-order valence-corrected chi connectivity index (χ0v) is 6.11. The highest BCUT2D eigenvalue weighted by Gasteiger charge is 2.26. The zero-order valence-electron chi connectivity index (χ0n) is 6.11. The molecular formula is C6H9NO4. The quantitative estimate of drug-likeness (QED) is 0.300. The van der Waals surface area contributed by atoms with Crippen molar-refractivity contribution in [2.75, 3.05) is 0 Å². The van der Waals surface area contributed by atoms with Crippen LogP contribution < -0.4 is 0 Å². The summed E-state index contributed by atoms with van der Waals surface area (Å²) in [5.41, 5.74) is 0. The molecule has 0 aromatic heterocycles. The van der Waals surface area contributed by atoms with Crippen LogP contribution in [0.15, 0.2) is 0 Å². The standard InChI is InChI=1S/C4H5NO3.C2H4O/c6-3-1-2-4(7)5(3)8;1-2-3/h8H,1-2H2;2H,1H3. The fourth-order valence-electron chi connectivity index (χ4n) is 0.565. The number of carbonyl (C=O) groups is 3. The minimum Gasteiger partial charge on any atom is -0.304 e. The third kappa shape index (κ3) is 2.90. The lowest BCUT2D eigenvalue weighted by atomic mass is 10.4. The third-order valence-corrected chi connectivity index (χ3v) is 1.03. The minimum absolute atomic E-state index is 0.148. The van der Waals surface area contributed by atoms with E-state index in [1.54, 1.807) is 0 Å². The Bertz CT molecular complexity index is 161. The SMILES string of the molecule is CC=O.O=C1CCC(=O)N1O. The first-order valence-electron chi connectivity index (χ1n) is 3.08. The monoisotopic (exact) mass is 159 g/mol. The molecule has 1 saturated heterocycles. The fourth-order valence-corrected chi connectivity index (χ4v) is 0.565. The number of nitrogens with zero attached hydrogens (tertiary/aromatic N) is 1. The Morgan fingerprint density at radius 2 is 1.64 bits per heavy atom. The molecule has 1 N–H and O–H groups in total. The van der Waals surface area contributed by atoms with Crippen LogP contribution in [0.2, 0.25) is 0 Å². The molecule has 0 radical (unpaired) electrons. The molecule has 11 heavy (non-hydrogen) atoms. The van der Waals surface area contributed by atoms with E-state index in [1.165, 1.54) is 6.92 Å².